The molecular weight excluding hydrogens is 408 g/mol. The van der Waals surface area contributed by atoms with Gasteiger partial charge in [-0.1, -0.05) is 0 Å². The summed E-state index contributed by atoms with van der Waals surface area (Å²) < 4.78 is 10.9. The van der Waals surface area contributed by atoms with Gasteiger partial charge < -0.3 is 29.5 Å². The normalized spacial score (nSPS) is 16.8. The molecule has 0 fully saturated rings. The third-order valence-electron chi connectivity index (χ3n) is 6.35. The summed E-state index contributed by atoms with van der Waals surface area (Å²) in [7, 11) is 3.28. The molecule has 5 rings (SSSR count). The van der Waals surface area contributed by atoms with E-state index < -0.39 is 0 Å². The first-order valence-electron chi connectivity index (χ1n) is 10.6. The highest BCUT2D eigenvalue weighted by atomic mass is 16.5. The van der Waals surface area contributed by atoms with Crippen LogP contribution in [0.15, 0.2) is 59.3 Å². The molecule has 166 valence electrons. The fraction of sp³-hybridized carbons (Fsp3) is 0.333. The smallest absolute Gasteiger partial charge is 0.118 e. The fourth-order valence-corrected chi connectivity index (χ4v) is 4.70. The van der Waals surface area contributed by atoms with Crippen LogP contribution in [0.5, 0.6) is 0 Å². The molecule has 0 spiro atoms. The van der Waals surface area contributed by atoms with Crippen molar-refractivity contribution in [3.05, 3.63) is 59.3 Å². The minimum atomic E-state index is -0.0142. The van der Waals surface area contributed by atoms with Crippen LogP contribution in [0.25, 0.3) is 21.8 Å². The van der Waals surface area contributed by atoms with E-state index in [1.807, 2.05) is 12.1 Å². The molecule has 0 unspecified atom stereocenters. The molecule has 8 nitrogen and oxygen atoms in total. The predicted octanol–water partition coefficient (Wildman–Crippen LogP) is 2.21. The van der Waals surface area contributed by atoms with E-state index in [4.69, 9.17) is 9.47 Å². The molecule has 32 heavy (non-hydrogen) atoms. The lowest BCUT2D eigenvalue weighted by Crippen LogP contribution is -2.22. The zero-order valence-corrected chi connectivity index (χ0v) is 18.2. The van der Waals surface area contributed by atoms with Gasteiger partial charge in [-0.3, -0.25) is 9.97 Å². The number of ether oxygens (including phenoxy) is 2. The summed E-state index contributed by atoms with van der Waals surface area (Å²) in [4.78, 5) is 13.7. The summed E-state index contributed by atoms with van der Waals surface area (Å²) in [6.45, 7) is 2.43. The zero-order chi connectivity index (χ0) is 22.2. The van der Waals surface area contributed by atoms with Crippen LogP contribution in [-0.4, -0.2) is 73.8 Å². The largest absolute Gasteiger partial charge is 0.499 e. The molecule has 0 atom stereocenters. The molecule has 0 aliphatic carbocycles. The molecule has 3 aromatic rings. The summed E-state index contributed by atoms with van der Waals surface area (Å²) in [5.41, 5.74) is 5.53. The van der Waals surface area contributed by atoms with Crippen molar-refractivity contribution in [2.24, 2.45) is 0 Å². The number of rotatable bonds is 6. The van der Waals surface area contributed by atoms with Gasteiger partial charge in [0.25, 0.3) is 0 Å². The number of aromatic nitrogens is 2. The Bertz CT molecular complexity index is 1120. The van der Waals surface area contributed by atoms with Crippen molar-refractivity contribution < 1.29 is 19.7 Å². The Morgan fingerprint density at radius 3 is 1.50 bits per heavy atom. The van der Waals surface area contributed by atoms with Gasteiger partial charge in [-0.15, -0.1) is 0 Å². The van der Waals surface area contributed by atoms with Crippen LogP contribution in [0, 0.1) is 0 Å². The zero-order valence-electron chi connectivity index (χ0n) is 18.2. The quantitative estimate of drug-likeness (QED) is 0.571. The van der Waals surface area contributed by atoms with Crippen molar-refractivity contribution in [2.45, 2.75) is 0 Å². The maximum absolute atomic E-state index is 9.67. The molecular formula is C24H26N4O4. The second-order valence-corrected chi connectivity index (χ2v) is 8.01. The van der Waals surface area contributed by atoms with E-state index in [1.54, 1.807) is 26.6 Å². The van der Waals surface area contributed by atoms with Crippen LogP contribution >= 0.6 is 0 Å². The first-order valence-corrected chi connectivity index (χ1v) is 10.6. The Labute approximate surface area is 186 Å². The lowest BCUT2D eigenvalue weighted by Gasteiger charge is -2.22. The van der Waals surface area contributed by atoms with Gasteiger partial charge in [0.05, 0.1) is 51.6 Å². The second-order valence-electron chi connectivity index (χ2n) is 8.01. The van der Waals surface area contributed by atoms with Gasteiger partial charge in [0.2, 0.25) is 0 Å². The lowest BCUT2D eigenvalue weighted by molar-refractivity contribution is 0.272. The van der Waals surface area contributed by atoms with Crippen molar-refractivity contribution in [1.82, 2.24) is 9.97 Å². The van der Waals surface area contributed by atoms with Crippen LogP contribution in [0.4, 0.5) is 11.4 Å². The molecule has 0 bridgehead atoms. The Morgan fingerprint density at radius 2 is 1.16 bits per heavy atom. The van der Waals surface area contributed by atoms with E-state index in [0.29, 0.717) is 26.2 Å². The molecule has 2 N–H and O–H groups in total. The average Bonchev–Trinajstić information content (AvgIpc) is 3.46. The van der Waals surface area contributed by atoms with Gasteiger partial charge in [0, 0.05) is 58.8 Å². The molecule has 0 saturated carbocycles. The summed E-state index contributed by atoms with van der Waals surface area (Å²) >= 11 is 0. The highest BCUT2D eigenvalue weighted by Crippen LogP contribution is 2.37. The molecule has 1 aromatic carbocycles. The molecule has 0 radical (unpaired) electrons. The van der Waals surface area contributed by atoms with E-state index in [9.17, 15) is 10.2 Å². The summed E-state index contributed by atoms with van der Waals surface area (Å²) in [5.74, 6) is 1.63. The summed E-state index contributed by atoms with van der Waals surface area (Å²) in [6.07, 6.45) is 3.61. The van der Waals surface area contributed by atoms with E-state index in [1.165, 1.54) is 0 Å². The molecule has 4 heterocycles. The van der Waals surface area contributed by atoms with E-state index >= 15 is 0 Å². The second kappa shape index (κ2) is 8.29. The van der Waals surface area contributed by atoms with Crippen LogP contribution in [0.1, 0.15) is 0 Å². The van der Waals surface area contributed by atoms with E-state index in [2.05, 4.69) is 31.9 Å². The Morgan fingerprint density at radius 1 is 0.719 bits per heavy atom. The molecule has 0 amide bonds. The molecule has 2 aliphatic heterocycles. The number of anilines is 2. The third kappa shape index (κ3) is 3.23. The third-order valence-corrected chi connectivity index (χ3v) is 6.35. The highest BCUT2D eigenvalue weighted by molar-refractivity contribution is 6.10. The van der Waals surface area contributed by atoms with Crippen molar-refractivity contribution in [1.29, 1.82) is 0 Å². The maximum atomic E-state index is 9.67. The minimum absolute atomic E-state index is 0.0142. The van der Waals surface area contributed by atoms with Crippen molar-refractivity contribution in [3.8, 4) is 0 Å². The lowest BCUT2D eigenvalue weighted by atomic mass is 10.1. The number of aliphatic hydroxyl groups is 2. The first-order chi connectivity index (χ1) is 15.7. The Hall–Kier alpha value is -3.36. The van der Waals surface area contributed by atoms with Crippen LogP contribution in [0.3, 0.4) is 0 Å². The topological polar surface area (TPSA) is 91.2 Å². The maximum Gasteiger partial charge on any atom is 0.118 e. The number of pyridine rings is 2. The Balaban J connectivity index is 1.56. The number of aliphatic hydroxyl groups excluding tert-OH is 2. The van der Waals surface area contributed by atoms with E-state index in [0.717, 1.165) is 55.8 Å². The van der Waals surface area contributed by atoms with Crippen molar-refractivity contribution in [2.75, 3.05) is 63.4 Å². The van der Waals surface area contributed by atoms with Gasteiger partial charge in [0.1, 0.15) is 11.5 Å². The molecule has 2 aliphatic rings. The van der Waals surface area contributed by atoms with Gasteiger partial charge in [-0.05, 0) is 24.3 Å². The number of hydrogen-bond donors (Lipinski definition) is 2. The number of nitrogens with zero attached hydrogens (tertiary/aromatic N) is 4. The first kappa shape index (κ1) is 20.5. The van der Waals surface area contributed by atoms with Crippen LogP contribution in [0.2, 0.25) is 0 Å². The number of fused-ring (bicyclic) bond motifs is 3. The van der Waals surface area contributed by atoms with Gasteiger partial charge in [-0.2, -0.15) is 0 Å². The summed E-state index contributed by atoms with van der Waals surface area (Å²) in [6, 6.07) is 8.16. The monoisotopic (exact) mass is 434 g/mol. The van der Waals surface area contributed by atoms with Crippen LogP contribution in [-0.2, 0) is 9.47 Å². The van der Waals surface area contributed by atoms with Crippen molar-refractivity contribution in [3.63, 3.8) is 0 Å². The van der Waals surface area contributed by atoms with Crippen molar-refractivity contribution >= 4 is 33.2 Å². The average molecular weight is 434 g/mol. The number of hydrogen-bond acceptors (Lipinski definition) is 8. The summed E-state index contributed by atoms with van der Waals surface area (Å²) in [5, 5.41) is 21.4. The molecule has 2 aromatic heterocycles. The van der Waals surface area contributed by atoms with Gasteiger partial charge in [-0.25, -0.2) is 0 Å². The SMILES string of the molecule is COC1=C(CO)CN(c2ccnc3c2ccc2c(N4CC(CO)=C(OC)C4)ccnc23)C1. The van der Waals surface area contributed by atoms with Gasteiger partial charge in [0.15, 0.2) is 0 Å². The molecule has 0 saturated heterocycles. The van der Waals surface area contributed by atoms with Crippen LogP contribution < -0.4 is 9.80 Å². The van der Waals surface area contributed by atoms with E-state index in [-0.39, 0.29) is 13.2 Å². The number of methoxy groups -OCH3 is 2. The number of benzene rings is 1. The van der Waals surface area contributed by atoms with Gasteiger partial charge >= 0.3 is 0 Å². The minimum Gasteiger partial charge on any atom is -0.499 e. The fourth-order valence-electron chi connectivity index (χ4n) is 4.70. The molecule has 8 heteroatoms. The predicted molar refractivity (Wildman–Crippen MR) is 124 cm³/mol. The highest BCUT2D eigenvalue weighted by Gasteiger charge is 2.26. The standard InChI is InChI=1S/C24H26N4O4/c1-31-21-11-27(9-15(21)13-29)19-5-7-25-23-17(19)3-4-18-20(6-8-26-24(18)23)28-10-16(14-30)22(12-28)32-2/h3-8,29-30H,9-14H2,1-2H3. The Kier molecular flexibility index (Phi) is 5.32.